The summed E-state index contributed by atoms with van der Waals surface area (Å²) in [4.78, 5) is 11.1. The minimum absolute atomic E-state index is 0.0775. The maximum Gasteiger partial charge on any atom is 0.303 e. The average molecular weight is 324 g/mol. The summed E-state index contributed by atoms with van der Waals surface area (Å²) in [6, 6.07) is 0. The monoisotopic (exact) mass is 324 g/mol. The molecule has 132 valence electrons. The van der Waals surface area contributed by atoms with Crippen molar-refractivity contribution in [2.75, 3.05) is 0 Å². The Morgan fingerprint density at radius 3 is 2.13 bits per heavy atom. The zero-order chi connectivity index (χ0) is 17.5. The molecule has 1 unspecified atom stereocenters. The van der Waals surface area contributed by atoms with Crippen LogP contribution in [0.4, 0.5) is 0 Å². The maximum absolute atomic E-state index is 11.1. The van der Waals surface area contributed by atoms with Gasteiger partial charge in [0.25, 0.3) is 0 Å². The van der Waals surface area contributed by atoms with Crippen LogP contribution in [0.25, 0.3) is 0 Å². The van der Waals surface area contributed by atoms with Crippen molar-refractivity contribution in [2.45, 2.75) is 77.9 Å². The van der Waals surface area contributed by atoms with E-state index in [1.807, 2.05) is 13.0 Å². The van der Waals surface area contributed by atoms with Crippen molar-refractivity contribution in [1.29, 1.82) is 0 Å². The highest BCUT2D eigenvalue weighted by Gasteiger charge is 2.47. The van der Waals surface area contributed by atoms with Crippen molar-refractivity contribution in [3.05, 3.63) is 23.8 Å². The van der Waals surface area contributed by atoms with Crippen molar-refractivity contribution in [3.63, 3.8) is 0 Å². The van der Waals surface area contributed by atoms with E-state index in [4.69, 9.17) is 5.11 Å². The number of hydrogen-bond acceptors (Lipinski definition) is 3. The molecule has 0 radical (unpaired) electrons. The predicted octanol–water partition coefficient (Wildman–Crippen LogP) is 4.03. The summed E-state index contributed by atoms with van der Waals surface area (Å²) in [6.45, 7) is 6.15. The topological polar surface area (TPSA) is 77.8 Å². The summed E-state index contributed by atoms with van der Waals surface area (Å²) in [5.41, 5.74) is 0.218. The largest absolute Gasteiger partial charge is 0.481 e. The lowest BCUT2D eigenvalue weighted by Crippen LogP contribution is -2.47. The fourth-order valence-corrected chi connectivity index (χ4v) is 3.44. The SMILES string of the molecule is CCCCC1(CCCC)C=C(C(CC)CC(=O)O)C=CC1(O)O. The summed E-state index contributed by atoms with van der Waals surface area (Å²) in [6.07, 6.45) is 11.1. The van der Waals surface area contributed by atoms with E-state index in [1.165, 1.54) is 6.08 Å². The Labute approximate surface area is 139 Å². The van der Waals surface area contributed by atoms with E-state index in [1.54, 1.807) is 6.08 Å². The second kappa shape index (κ2) is 8.65. The minimum Gasteiger partial charge on any atom is -0.481 e. The molecule has 1 aliphatic rings. The highest BCUT2D eigenvalue weighted by molar-refractivity contribution is 5.67. The third kappa shape index (κ3) is 4.92. The smallest absolute Gasteiger partial charge is 0.303 e. The van der Waals surface area contributed by atoms with E-state index in [-0.39, 0.29) is 12.3 Å². The van der Waals surface area contributed by atoms with E-state index >= 15 is 0 Å². The van der Waals surface area contributed by atoms with E-state index in [9.17, 15) is 15.0 Å². The first-order chi connectivity index (χ1) is 10.8. The van der Waals surface area contributed by atoms with Gasteiger partial charge in [0.1, 0.15) is 0 Å². The summed E-state index contributed by atoms with van der Waals surface area (Å²) >= 11 is 0. The minimum atomic E-state index is -1.86. The molecule has 0 spiro atoms. The van der Waals surface area contributed by atoms with Gasteiger partial charge in [-0.15, -0.1) is 0 Å². The molecule has 1 rings (SSSR count). The van der Waals surface area contributed by atoms with Gasteiger partial charge in [-0.05, 0) is 36.8 Å². The van der Waals surface area contributed by atoms with Gasteiger partial charge >= 0.3 is 5.97 Å². The van der Waals surface area contributed by atoms with Crippen LogP contribution in [0.1, 0.15) is 72.1 Å². The first-order valence-corrected chi connectivity index (χ1v) is 8.90. The van der Waals surface area contributed by atoms with Gasteiger partial charge in [-0.25, -0.2) is 0 Å². The van der Waals surface area contributed by atoms with Crippen LogP contribution >= 0.6 is 0 Å². The highest BCUT2D eigenvalue weighted by atomic mass is 16.5. The van der Waals surface area contributed by atoms with Gasteiger partial charge < -0.3 is 15.3 Å². The zero-order valence-corrected chi connectivity index (χ0v) is 14.7. The molecule has 0 aliphatic heterocycles. The second-order valence-corrected chi connectivity index (χ2v) is 6.77. The number of aliphatic hydroxyl groups is 2. The number of aliphatic carboxylic acids is 1. The van der Waals surface area contributed by atoms with E-state index in [2.05, 4.69) is 13.8 Å². The number of rotatable bonds is 10. The number of unbranched alkanes of at least 4 members (excludes halogenated alkanes) is 2. The summed E-state index contributed by atoms with van der Waals surface area (Å²) in [5, 5.41) is 30.3. The van der Waals surface area contributed by atoms with Crippen LogP contribution < -0.4 is 0 Å². The van der Waals surface area contributed by atoms with Gasteiger partial charge in [-0.1, -0.05) is 58.6 Å². The van der Waals surface area contributed by atoms with E-state index in [0.29, 0.717) is 12.8 Å². The Balaban J connectivity index is 3.19. The molecule has 0 aromatic carbocycles. The molecule has 1 aliphatic carbocycles. The molecule has 0 saturated heterocycles. The molecule has 3 N–H and O–H groups in total. The van der Waals surface area contributed by atoms with Crippen LogP contribution in [0.15, 0.2) is 23.8 Å². The van der Waals surface area contributed by atoms with Gasteiger partial charge in [0.2, 0.25) is 0 Å². The Morgan fingerprint density at radius 2 is 1.70 bits per heavy atom. The Bertz CT molecular complexity index is 440. The van der Waals surface area contributed by atoms with Crippen LogP contribution in [0.3, 0.4) is 0 Å². The fourth-order valence-electron chi connectivity index (χ4n) is 3.44. The van der Waals surface area contributed by atoms with Crippen molar-refractivity contribution < 1.29 is 20.1 Å². The molecule has 0 aromatic rings. The molecule has 0 bridgehead atoms. The van der Waals surface area contributed by atoms with Crippen molar-refractivity contribution in [3.8, 4) is 0 Å². The van der Waals surface area contributed by atoms with Crippen LogP contribution in [0.5, 0.6) is 0 Å². The molecular weight excluding hydrogens is 292 g/mol. The lowest BCUT2D eigenvalue weighted by Gasteiger charge is -2.44. The third-order valence-corrected chi connectivity index (χ3v) is 5.02. The zero-order valence-electron chi connectivity index (χ0n) is 14.7. The number of allylic oxidation sites excluding steroid dienone is 2. The summed E-state index contributed by atoms with van der Waals surface area (Å²) in [7, 11) is 0. The molecule has 4 nitrogen and oxygen atoms in total. The first kappa shape index (κ1) is 19.9. The Kier molecular flexibility index (Phi) is 7.49. The second-order valence-electron chi connectivity index (χ2n) is 6.77. The molecule has 0 aromatic heterocycles. The summed E-state index contributed by atoms with van der Waals surface area (Å²) in [5.74, 6) is -2.76. The van der Waals surface area contributed by atoms with Gasteiger partial charge in [0.15, 0.2) is 5.79 Å². The standard InChI is InChI=1S/C19H32O4/c1-4-7-10-18(11-8-5-2)14-16(9-12-19(18,22)23)15(6-3)13-17(20)21/h9,12,14-15,22-23H,4-8,10-11,13H2,1-3H3,(H,20,21). The number of hydrogen-bond donors (Lipinski definition) is 3. The Morgan fingerprint density at radius 1 is 1.13 bits per heavy atom. The molecule has 0 fully saturated rings. The maximum atomic E-state index is 11.1. The lowest BCUT2D eigenvalue weighted by molar-refractivity contribution is -0.196. The van der Waals surface area contributed by atoms with Crippen LogP contribution in [-0.4, -0.2) is 27.1 Å². The molecule has 0 heterocycles. The quantitative estimate of drug-likeness (QED) is 0.530. The highest BCUT2D eigenvalue weighted by Crippen LogP contribution is 2.47. The molecular formula is C19H32O4. The summed E-state index contributed by atoms with van der Waals surface area (Å²) < 4.78 is 0. The van der Waals surface area contributed by atoms with Crippen LogP contribution in [0.2, 0.25) is 0 Å². The van der Waals surface area contributed by atoms with Gasteiger partial charge in [0.05, 0.1) is 6.42 Å². The molecule has 4 heteroatoms. The molecule has 23 heavy (non-hydrogen) atoms. The van der Waals surface area contributed by atoms with Crippen molar-refractivity contribution in [2.24, 2.45) is 11.3 Å². The van der Waals surface area contributed by atoms with Crippen LogP contribution in [-0.2, 0) is 4.79 Å². The van der Waals surface area contributed by atoms with Crippen LogP contribution in [0, 0.1) is 11.3 Å². The number of carbonyl (C=O) groups is 1. The number of carboxylic acid groups (broad SMARTS) is 1. The fraction of sp³-hybridized carbons (Fsp3) is 0.737. The lowest BCUT2D eigenvalue weighted by atomic mass is 9.66. The molecule has 0 saturated carbocycles. The van der Waals surface area contributed by atoms with Gasteiger partial charge in [-0.2, -0.15) is 0 Å². The first-order valence-electron chi connectivity index (χ1n) is 8.90. The third-order valence-electron chi connectivity index (χ3n) is 5.02. The van der Waals surface area contributed by atoms with Crippen molar-refractivity contribution >= 4 is 5.97 Å². The number of carboxylic acids is 1. The molecule has 0 amide bonds. The molecule has 1 atom stereocenters. The predicted molar refractivity (Wildman–Crippen MR) is 91.9 cm³/mol. The van der Waals surface area contributed by atoms with E-state index < -0.39 is 17.2 Å². The normalized spacial score (nSPS) is 20.1. The van der Waals surface area contributed by atoms with Gasteiger partial charge in [0, 0.05) is 5.41 Å². The average Bonchev–Trinajstić information content (AvgIpc) is 2.50. The van der Waals surface area contributed by atoms with Gasteiger partial charge in [-0.3, -0.25) is 4.79 Å². The van der Waals surface area contributed by atoms with E-state index in [0.717, 1.165) is 37.7 Å². The Hall–Kier alpha value is -1.13. The van der Waals surface area contributed by atoms with Crippen molar-refractivity contribution in [1.82, 2.24) is 0 Å².